The van der Waals surface area contributed by atoms with Crippen molar-refractivity contribution in [1.82, 2.24) is 9.47 Å². The zero-order valence-corrected chi connectivity index (χ0v) is 19.2. The van der Waals surface area contributed by atoms with Gasteiger partial charge in [0.25, 0.3) is 5.91 Å². The minimum Gasteiger partial charge on any atom is -0.497 e. The highest BCUT2D eigenvalue weighted by atomic mass is 32.2. The summed E-state index contributed by atoms with van der Waals surface area (Å²) in [5.41, 5.74) is 3.89. The number of para-hydroxylation sites is 1. The first-order valence-corrected chi connectivity index (χ1v) is 11.1. The zero-order chi connectivity index (χ0) is 22.8. The molecule has 0 unspecified atom stereocenters. The van der Waals surface area contributed by atoms with Gasteiger partial charge in [0.2, 0.25) is 0 Å². The highest BCUT2D eigenvalue weighted by Crippen LogP contribution is 2.35. The van der Waals surface area contributed by atoms with Gasteiger partial charge in [0.15, 0.2) is 5.17 Å². The maximum atomic E-state index is 14.4. The summed E-state index contributed by atoms with van der Waals surface area (Å²) in [6, 6.07) is 16.0. The molecule has 1 aliphatic rings. The minimum absolute atomic E-state index is 0.0829. The number of hydrogen-bond donors (Lipinski definition) is 0. The number of thioether (sulfide) groups is 1. The highest BCUT2D eigenvalue weighted by Gasteiger charge is 2.32. The number of aromatic nitrogens is 1. The molecule has 0 N–H and O–H groups in total. The number of amidine groups is 1. The Balaban J connectivity index is 1.69. The van der Waals surface area contributed by atoms with Gasteiger partial charge in [-0.25, -0.2) is 9.38 Å². The van der Waals surface area contributed by atoms with Crippen LogP contribution in [-0.4, -0.2) is 34.2 Å². The summed E-state index contributed by atoms with van der Waals surface area (Å²) in [6.45, 7) is 6.31. The third-order valence-corrected chi connectivity index (χ3v) is 6.36. The number of ether oxygens (including phenoxy) is 1. The second-order valence-electron chi connectivity index (χ2n) is 7.37. The first-order valence-electron chi connectivity index (χ1n) is 10.3. The Labute approximate surface area is 191 Å². The Morgan fingerprint density at radius 1 is 1.12 bits per heavy atom. The van der Waals surface area contributed by atoms with Crippen LogP contribution in [0.1, 0.15) is 23.9 Å². The molecule has 1 aliphatic heterocycles. The number of carbonyl (C=O) groups is 1. The Morgan fingerprint density at radius 3 is 2.50 bits per heavy atom. The number of methoxy groups -OCH3 is 1. The van der Waals surface area contributed by atoms with Crippen molar-refractivity contribution in [2.24, 2.45) is 4.99 Å². The first-order chi connectivity index (χ1) is 15.4. The lowest BCUT2D eigenvalue weighted by Crippen LogP contribution is -2.28. The molecule has 1 amide bonds. The van der Waals surface area contributed by atoms with Crippen molar-refractivity contribution in [3.05, 3.63) is 82.3 Å². The van der Waals surface area contributed by atoms with Crippen LogP contribution >= 0.6 is 11.8 Å². The molecule has 2 heterocycles. The van der Waals surface area contributed by atoms with Crippen LogP contribution in [-0.2, 0) is 4.79 Å². The fourth-order valence-electron chi connectivity index (χ4n) is 3.72. The van der Waals surface area contributed by atoms with Crippen molar-refractivity contribution in [1.29, 1.82) is 0 Å². The van der Waals surface area contributed by atoms with Crippen molar-refractivity contribution in [2.75, 3.05) is 13.7 Å². The summed E-state index contributed by atoms with van der Waals surface area (Å²) in [6.07, 6.45) is 1.87. The molecule has 7 heteroatoms. The number of aryl methyl sites for hydroxylation is 1. The van der Waals surface area contributed by atoms with Crippen LogP contribution in [0.5, 0.6) is 5.75 Å². The van der Waals surface area contributed by atoms with E-state index in [1.165, 1.54) is 17.8 Å². The van der Waals surface area contributed by atoms with Crippen molar-refractivity contribution in [3.8, 4) is 11.4 Å². The standard InChI is InChI=1S/C25H24FN3O2S/c1-5-28-24(30)23(32-25(28)27-19-10-12-20(31-4)13-11-19)15-18-14-16(2)29(17(18)3)22-9-7-6-8-21(22)26/h6-15H,5H2,1-4H3/b23-15-,27-25?. The van der Waals surface area contributed by atoms with E-state index in [4.69, 9.17) is 4.74 Å². The molecule has 3 aromatic rings. The maximum Gasteiger partial charge on any atom is 0.266 e. The minimum atomic E-state index is -0.286. The molecule has 32 heavy (non-hydrogen) atoms. The summed E-state index contributed by atoms with van der Waals surface area (Å²) in [7, 11) is 1.62. The predicted octanol–water partition coefficient (Wildman–Crippen LogP) is 5.87. The Hall–Kier alpha value is -3.32. The number of carbonyl (C=O) groups excluding carboxylic acids is 1. The summed E-state index contributed by atoms with van der Waals surface area (Å²) in [5.74, 6) is 0.383. The van der Waals surface area contributed by atoms with E-state index in [1.54, 1.807) is 24.1 Å². The number of rotatable bonds is 5. The Kier molecular flexibility index (Phi) is 6.19. The topological polar surface area (TPSA) is 46.8 Å². The van der Waals surface area contributed by atoms with E-state index in [0.29, 0.717) is 22.3 Å². The van der Waals surface area contributed by atoms with E-state index in [0.717, 1.165) is 28.4 Å². The molecular formula is C25H24FN3O2S. The smallest absolute Gasteiger partial charge is 0.266 e. The summed E-state index contributed by atoms with van der Waals surface area (Å²) in [5, 5.41) is 0.636. The van der Waals surface area contributed by atoms with Crippen LogP contribution in [0.15, 0.2) is 64.5 Å². The van der Waals surface area contributed by atoms with Crippen molar-refractivity contribution < 1.29 is 13.9 Å². The molecule has 1 saturated heterocycles. The van der Waals surface area contributed by atoms with Gasteiger partial charge < -0.3 is 9.30 Å². The van der Waals surface area contributed by atoms with Gasteiger partial charge in [0.1, 0.15) is 11.6 Å². The van der Waals surface area contributed by atoms with Gasteiger partial charge in [-0.2, -0.15) is 0 Å². The molecular weight excluding hydrogens is 425 g/mol. The third kappa shape index (κ3) is 4.08. The Bertz CT molecular complexity index is 1230. The maximum absolute atomic E-state index is 14.4. The van der Waals surface area contributed by atoms with Gasteiger partial charge in [-0.15, -0.1) is 0 Å². The van der Waals surface area contributed by atoms with Gasteiger partial charge in [-0.1, -0.05) is 12.1 Å². The number of aliphatic imine (C=N–C) groups is 1. The zero-order valence-electron chi connectivity index (χ0n) is 18.4. The van der Waals surface area contributed by atoms with Gasteiger partial charge in [-0.3, -0.25) is 9.69 Å². The SMILES string of the molecule is CCN1C(=O)/C(=C/c2cc(C)n(-c3ccccc3F)c2C)SC1=Nc1ccc(OC)cc1. The molecule has 0 spiro atoms. The normalized spacial score (nSPS) is 16.4. The monoisotopic (exact) mass is 449 g/mol. The lowest BCUT2D eigenvalue weighted by molar-refractivity contribution is -0.122. The summed E-state index contributed by atoms with van der Waals surface area (Å²) < 4.78 is 21.5. The van der Waals surface area contributed by atoms with E-state index in [-0.39, 0.29) is 11.7 Å². The quantitative estimate of drug-likeness (QED) is 0.458. The van der Waals surface area contributed by atoms with E-state index in [2.05, 4.69) is 4.99 Å². The van der Waals surface area contributed by atoms with E-state index in [1.807, 2.05) is 67.8 Å². The van der Waals surface area contributed by atoms with Gasteiger partial charge in [0, 0.05) is 17.9 Å². The van der Waals surface area contributed by atoms with Crippen LogP contribution in [0.3, 0.4) is 0 Å². The fraction of sp³-hybridized carbons (Fsp3) is 0.200. The van der Waals surface area contributed by atoms with E-state index >= 15 is 0 Å². The highest BCUT2D eigenvalue weighted by molar-refractivity contribution is 8.18. The molecule has 0 aliphatic carbocycles. The molecule has 2 aromatic carbocycles. The van der Waals surface area contributed by atoms with E-state index in [9.17, 15) is 9.18 Å². The van der Waals surface area contributed by atoms with Gasteiger partial charge >= 0.3 is 0 Å². The molecule has 4 rings (SSSR count). The molecule has 0 radical (unpaired) electrons. The largest absolute Gasteiger partial charge is 0.497 e. The fourth-order valence-corrected chi connectivity index (χ4v) is 4.77. The number of nitrogens with zero attached hydrogens (tertiary/aromatic N) is 3. The number of amides is 1. The van der Waals surface area contributed by atoms with Crippen LogP contribution in [0.4, 0.5) is 10.1 Å². The predicted molar refractivity (Wildman–Crippen MR) is 128 cm³/mol. The average molecular weight is 450 g/mol. The molecule has 164 valence electrons. The third-order valence-electron chi connectivity index (χ3n) is 5.35. The lowest BCUT2D eigenvalue weighted by Gasteiger charge is -2.12. The average Bonchev–Trinajstić information content (AvgIpc) is 3.23. The van der Waals surface area contributed by atoms with Crippen LogP contribution in [0.2, 0.25) is 0 Å². The number of likely N-dealkylation sites (N-methyl/N-ethyl adjacent to an activating group) is 1. The number of benzene rings is 2. The molecule has 0 saturated carbocycles. The first kappa shape index (κ1) is 21.9. The summed E-state index contributed by atoms with van der Waals surface area (Å²) in [4.78, 5) is 20.0. The summed E-state index contributed by atoms with van der Waals surface area (Å²) >= 11 is 1.35. The molecule has 0 bridgehead atoms. The second kappa shape index (κ2) is 9.04. The number of hydrogen-bond acceptors (Lipinski definition) is 4. The molecule has 0 atom stereocenters. The second-order valence-corrected chi connectivity index (χ2v) is 8.37. The molecule has 5 nitrogen and oxygen atoms in total. The van der Waals surface area contributed by atoms with Gasteiger partial charge in [0.05, 0.1) is 23.4 Å². The van der Waals surface area contributed by atoms with Crippen LogP contribution < -0.4 is 4.74 Å². The Morgan fingerprint density at radius 2 is 1.84 bits per heavy atom. The van der Waals surface area contributed by atoms with Crippen molar-refractivity contribution in [2.45, 2.75) is 20.8 Å². The number of halogens is 1. The van der Waals surface area contributed by atoms with Gasteiger partial charge in [-0.05, 0) is 86.6 Å². The molecule has 1 aromatic heterocycles. The molecule has 1 fully saturated rings. The van der Waals surface area contributed by atoms with Crippen molar-refractivity contribution >= 4 is 34.6 Å². The lowest BCUT2D eigenvalue weighted by atomic mass is 10.2. The van der Waals surface area contributed by atoms with Crippen LogP contribution in [0.25, 0.3) is 11.8 Å². The van der Waals surface area contributed by atoms with Crippen LogP contribution in [0, 0.1) is 19.7 Å². The van der Waals surface area contributed by atoms with E-state index < -0.39 is 0 Å². The van der Waals surface area contributed by atoms with Crippen molar-refractivity contribution in [3.63, 3.8) is 0 Å².